The third-order valence-corrected chi connectivity index (χ3v) is 5.12. The molecule has 2 aromatic carbocycles. The summed E-state index contributed by atoms with van der Waals surface area (Å²) in [5, 5.41) is 9.67. The van der Waals surface area contributed by atoms with Gasteiger partial charge in [-0.2, -0.15) is 0 Å². The lowest BCUT2D eigenvalue weighted by molar-refractivity contribution is 0.102. The highest BCUT2D eigenvalue weighted by Gasteiger charge is 2.13. The zero-order chi connectivity index (χ0) is 19.4. The van der Waals surface area contributed by atoms with Crippen molar-refractivity contribution >= 4 is 55.7 Å². The van der Waals surface area contributed by atoms with E-state index in [0.717, 1.165) is 21.4 Å². The number of hydrogen-bond donors (Lipinski definition) is 3. The predicted octanol–water partition coefficient (Wildman–Crippen LogP) is 5.25. The molecule has 0 aliphatic heterocycles. The molecule has 1 heterocycles. The van der Waals surface area contributed by atoms with E-state index in [9.17, 15) is 14.0 Å². The zero-order valence-electron chi connectivity index (χ0n) is 14.0. The predicted molar refractivity (Wildman–Crippen MR) is 108 cm³/mol. The molecule has 0 atom stereocenters. The highest BCUT2D eigenvalue weighted by Crippen LogP contribution is 2.21. The van der Waals surface area contributed by atoms with Crippen LogP contribution in [0.1, 0.15) is 16.1 Å². The van der Waals surface area contributed by atoms with Gasteiger partial charge in [0.15, 0.2) is 5.13 Å². The first-order valence-electron chi connectivity index (χ1n) is 7.77. The molecule has 3 rings (SSSR count). The summed E-state index contributed by atoms with van der Waals surface area (Å²) in [7, 11) is 0. The molecule has 0 saturated heterocycles. The number of aryl methyl sites for hydroxylation is 1. The van der Waals surface area contributed by atoms with E-state index in [1.165, 1.54) is 24.3 Å². The van der Waals surface area contributed by atoms with E-state index < -0.39 is 11.8 Å². The van der Waals surface area contributed by atoms with Gasteiger partial charge in [0.2, 0.25) is 0 Å². The molecule has 138 valence electrons. The fourth-order valence-corrected chi connectivity index (χ4v) is 3.08. The first-order valence-corrected chi connectivity index (χ1v) is 9.44. The molecule has 0 fully saturated rings. The van der Waals surface area contributed by atoms with Gasteiger partial charge in [-0.05, 0) is 55.0 Å². The van der Waals surface area contributed by atoms with E-state index in [2.05, 4.69) is 36.9 Å². The Morgan fingerprint density at radius 1 is 1.04 bits per heavy atom. The van der Waals surface area contributed by atoms with E-state index in [-0.39, 0.29) is 16.7 Å². The second-order valence-corrected chi connectivity index (χ2v) is 7.25. The number of rotatable bonds is 4. The lowest BCUT2D eigenvalue weighted by atomic mass is 10.2. The van der Waals surface area contributed by atoms with Crippen LogP contribution >= 0.6 is 27.3 Å². The van der Waals surface area contributed by atoms with Crippen molar-refractivity contribution in [2.75, 3.05) is 16.0 Å². The van der Waals surface area contributed by atoms with E-state index >= 15 is 0 Å². The molecular weight excluding hydrogens is 435 g/mol. The third kappa shape index (κ3) is 5.11. The Kier molecular flexibility index (Phi) is 5.82. The SMILES string of the molecule is Cc1cc(NC(=O)c2csc(NC(=O)Nc3ccc(F)cc3)n2)ccc1Br. The Labute approximate surface area is 167 Å². The van der Waals surface area contributed by atoms with Crippen LogP contribution in [0.15, 0.2) is 52.3 Å². The molecule has 9 heteroatoms. The number of halogens is 2. The minimum atomic E-state index is -0.536. The molecule has 3 amide bonds. The molecule has 0 bridgehead atoms. The minimum absolute atomic E-state index is 0.192. The Balaban J connectivity index is 1.60. The summed E-state index contributed by atoms with van der Waals surface area (Å²) in [5.41, 5.74) is 2.27. The van der Waals surface area contributed by atoms with Crippen molar-refractivity contribution < 1.29 is 14.0 Å². The van der Waals surface area contributed by atoms with Gasteiger partial charge in [0.05, 0.1) is 0 Å². The minimum Gasteiger partial charge on any atom is -0.321 e. The van der Waals surface area contributed by atoms with Crippen molar-refractivity contribution in [2.45, 2.75) is 6.92 Å². The van der Waals surface area contributed by atoms with Crippen molar-refractivity contribution in [3.05, 3.63) is 69.4 Å². The summed E-state index contributed by atoms with van der Waals surface area (Å²) >= 11 is 4.53. The molecule has 3 N–H and O–H groups in total. The van der Waals surface area contributed by atoms with E-state index in [1.807, 2.05) is 19.1 Å². The molecule has 0 spiro atoms. The molecule has 6 nitrogen and oxygen atoms in total. The van der Waals surface area contributed by atoms with E-state index in [4.69, 9.17) is 0 Å². The first kappa shape index (κ1) is 19.0. The average Bonchev–Trinajstić information content (AvgIpc) is 3.08. The lowest BCUT2D eigenvalue weighted by Crippen LogP contribution is -2.19. The van der Waals surface area contributed by atoms with Crippen LogP contribution in [0.4, 0.5) is 25.7 Å². The van der Waals surface area contributed by atoms with Crippen LogP contribution in [0, 0.1) is 12.7 Å². The van der Waals surface area contributed by atoms with Crippen LogP contribution < -0.4 is 16.0 Å². The molecule has 1 aromatic heterocycles. The van der Waals surface area contributed by atoms with Crippen LogP contribution in [0.5, 0.6) is 0 Å². The number of nitrogens with one attached hydrogen (secondary N) is 3. The summed E-state index contributed by atoms with van der Waals surface area (Å²) in [4.78, 5) is 28.3. The fraction of sp³-hybridized carbons (Fsp3) is 0.0556. The third-order valence-electron chi connectivity index (χ3n) is 3.48. The molecular formula is C18H14BrFN4O2S. The maximum Gasteiger partial charge on any atom is 0.325 e. The van der Waals surface area contributed by atoms with Crippen molar-refractivity contribution in [3.63, 3.8) is 0 Å². The smallest absolute Gasteiger partial charge is 0.321 e. The Morgan fingerprint density at radius 2 is 1.74 bits per heavy atom. The fourth-order valence-electron chi connectivity index (χ4n) is 2.15. The van der Waals surface area contributed by atoms with Gasteiger partial charge in [0.25, 0.3) is 5.91 Å². The molecule has 0 saturated carbocycles. The molecule has 3 aromatic rings. The van der Waals surface area contributed by atoms with Crippen LogP contribution in [0.2, 0.25) is 0 Å². The maximum atomic E-state index is 12.9. The van der Waals surface area contributed by atoms with E-state index in [1.54, 1.807) is 11.4 Å². The van der Waals surface area contributed by atoms with Gasteiger partial charge in [0, 0.05) is 21.2 Å². The van der Waals surface area contributed by atoms with Gasteiger partial charge in [-0.15, -0.1) is 11.3 Å². The van der Waals surface area contributed by atoms with Gasteiger partial charge in [-0.1, -0.05) is 15.9 Å². The molecule has 0 aliphatic carbocycles. The highest BCUT2D eigenvalue weighted by atomic mass is 79.9. The number of nitrogens with zero attached hydrogens (tertiary/aromatic N) is 1. The monoisotopic (exact) mass is 448 g/mol. The van der Waals surface area contributed by atoms with Gasteiger partial charge >= 0.3 is 6.03 Å². The average molecular weight is 449 g/mol. The number of carbonyl (C=O) groups is 2. The van der Waals surface area contributed by atoms with Gasteiger partial charge in [-0.25, -0.2) is 14.2 Å². The number of benzene rings is 2. The second-order valence-electron chi connectivity index (χ2n) is 5.54. The summed E-state index contributed by atoms with van der Waals surface area (Å²) in [6.45, 7) is 1.92. The van der Waals surface area contributed by atoms with Gasteiger partial charge in [0.1, 0.15) is 11.5 Å². The lowest BCUT2D eigenvalue weighted by Gasteiger charge is -2.06. The molecule has 27 heavy (non-hydrogen) atoms. The van der Waals surface area contributed by atoms with Crippen molar-refractivity contribution in [1.82, 2.24) is 4.98 Å². The summed E-state index contributed by atoms with van der Waals surface area (Å²) < 4.78 is 13.8. The van der Waals surface area contributed by atoms with Gasteiger partial charge < -0.3 is 10.6 Å². The largest absolute Gasteiger partial charge is 0.325 e. The highest BCUT2D eigenvalue weighted by molar-refractivity contribution is 9.10. The topological polar surface area (TPSA) is 83.1 Å². The Hall–Kier alpha value is -2.78. The number of thiazole rings is 1. The van der Waals surface area contributed by atoms with Crippen LogP contribution in [-0.2, 0) is 0 Å². The number of hydrogen-bond acceptors (Lipinski definition) is 4. The molecule has 0 unspecified atom stereocenters. The van der Waals surface area contributed by atoms with Crippen LogP contribution in [0.3, 0.4) is 0 Å². The number of anilines is 3. The van der Waals surface area contributed by atoms with Crippen LogP contribution in [0.25, 0.3) is 0 Å². The van der Waals surface area contributed by atoms with Crippen molar-refractivity contribution in [2.24, 2.45) is 0 Å². The number of urea groups is 1. The normalized spacial score (nSPS) is 10.3. The van der Waals surface area contributed by atoms with E-state index in [0.29, 0.717) is 11.4 Å². The zero-order valence-corrected chi connectivity index (χ0v) is 16.4. The number of carbonyl (C=O) groups excluding carboxylic acids is 2. The Bertz CT molecular complexity index is 991. The van der Waals surface area contributed by atoms with Crippen molar-refractivity contribution in [1.29, 1.82) is 0 Å². The second kappa shape index (κ2) is 8.28. The number of aromatic nitrogens is 1. The summed E-state index contributed by atoms with van der Waals surface area (Å²) in [5.74, 6) is -0.766. The maximum absolute atomic E-state index is 12.9. The quantitative estimate of drug-likeness (QED) is 0.509. The summed E-state index contributed by atoms with van der Waals surface area (Å²) in [6, 6.07) is 10.3. The standard InChI is InChI=1S/C18H14BrFN4O2S/c1-10-8-13(6-7-14(10)19)21-16(25)15-9-27-18(23-15)24-17(26)22-12-4-2-11(20)3-5-12/h2-9H,1H3,(H,21,25)(H2,22,23,24,26). The molecule has 0 aliphatic rings. The first-order chi connectivity index (χ1) is 12.9. The Morgan fingerprint density at radius 3 is 2.44 bits per heavy atom. The molecule has 0 radical (unpaired) electrons. The van der Waals surface area contributed by atoms with Crippen molar-refractivity contribution in [3.8, 4) is 0 Å². The van der Waals surface area contributed by atoms with Crippen LogP contribution in [-0.4, -0.2) is 16.9 Å². The summed E-state index contributed by atoms with van der Waals surface area (Å²) in [6.07, 6.45) is 0. The van der Waals surface area contributed by atoms with Gasteiger partial charge in [-0.3, -0.25) is 10.1 Å². The number of amides is 3.